The second-order valence-electron chi connectivity index (χ2n) is 8.90. The van der Waals surface area contributed by atoms with Crippen LogP contribution >= 0.6 is 11.8 Å². The van der Waals surface area contributed by atoms with E-state index < -0.39 is 0 Å². The second-order valence-corrected chi connectivity index (χ2v) is 10.2. The molecule has 7 heteroatoms. The number of nitrogens with one attached hydrogen (secondary N) is 2. The number of carbonyl (C=O) groups excluding carboxylic acids is 2. The van der Waals surface area contributed by atoms with Gasteiger partial charge in [0.2, 0.25) is 5.91 Å². The molecule has 0 bridgehead atoms. The molecule has 2 amide bonds. The first-order chi connectivity index (χ1) is 16.5. The predicted molar refractivity (Wildman–Crippen MR) is 136 cm³/mol. The van der Waals surface area contributed by atoms with Gasteiger partial charge < -0.3 is 20.1 Å². The fourth-order valence-corrected chi connectivity index (χ4v) is 5.94. The summed E-state index contributed by atoms with van der Waals surface area (Å²) >= 11 is 1.65. The molecule has 180 valence electrons. The van der Waals surface area contributed by atoms with Crippen LogP contribution in [0.1, 0.15) is 36.0 Å². The molecule has 1 saturated carbocycles. The molecule has 4 rings (SSSR count). The van der Waals surface area contributed by atoms with Gasteiger partial charge in [0.25, 0.3) is 5.91 Å². The molecule has 0 radical (unpaired) electrons. The SMILES string of the molecule is COc1ccc(CCNC(=O)C2CCC3S/C(=C/c4cccc(C)c4)C(=O)NC3C2)cc1OC. The third-order valence-electron chi connectivity index (χ3n) is 6.48. The summed E-state index contributed by atoms with van der Waals surface area (Å²) in [7, 11) is 3.23. The lowest BCUT2D eigenvalue weighted by atomic mass is 9.84. The number of methoxy groups -OCH3 is 2. The molecule has 0 spiro atoms. The molecule has 34 heavy (non-hydrogen) atoms. The number of amides is 2. The molecule has 3 atom stereocenters. The lowest BCUT2D eigenvalue weighted by Crippen LogP contribution is -2.51. The van der Waals surface area contributed by atoms with Crippen LogP contribution in [0.4, 0.5) is 0 Å². The molecule has 6 nitrogen and oxygen atoms in total. The number of benzene rings is 2. The number of aryl methyl sites for hydroxylation is 1. The molecule has 2 fully saturated rings. The Balaban J connectivity index is 1.29. The molecule has 3 unspecified atom stereocenters. The zero-order chi connectivity index (χ0) is 24.1. The topological polar surface area (TPSA) is 76.7 Å². The Bertz CT molecular complexity index is 1080. The summed E-state index contributed by atoms with van der Waals surface area (Å²) in [6.07, 6.45) is 5.11. The number of thioether (sulfide) groups is 1. The molecule has 1 aliphatic heterocycles. The third kappa shape index (κ3) is 5.76. The van der Waals surface area contributed by atoms with Gasteiger partial charge in [0.1, 0.15) is 0 Å². The van der Waals surface area contributed by atoms with Crippen LogP contribution in [0.2, 0.25) is 0 Å². The Hall–Kier alpha value is -2.93. The Labute approximate surface area is 205 Å². The Morgan fingerprint density at radius 3 is 2.74 bits per heavy atom. The average molecular weight is 481 g/mol. The second kappa shape index (κ2) is 11.0. The van der Waals surface area contributed by atoms with Gasteiger partial charge in [-0.2, -0.15) is 0 Å². The van der Waals surface area contributed by atoms with Crippen molar-refractivity contribution in [1.29, 1.82) is 0 Å². The lowest BCUT2D eigenvalue weighted by Gasteiger charge is -2.39. The van der Waals surface area contributed by atoms with E-state index in [-0.39, 0.29) is 23.8 Å². The van der Waals surface area contributed by atoms with Crippen LogP contribution in [0.15, 0.2) is 47.4 Å². The molecular weight excluding hydrogens is 448 g/mol. The van der Waals surface area contributed by atoms with E-state index in [1.165, 1.54) is 5.56 Å². The standard InChI is InChI=1S/C27H32N2O4S/c1-17-5-4-6-19(13-17)15-25-27(31)29-21-16-20(8-10-24(21)34-25)26(30)28-12-11-18-7-9-22(32-2)23(14-18)33-3/h4-7,9,13-15,20-21,24H,8,10-12,16H2,1-3H3,(H,28,30)(H,29,31)/b25-15+. The van der Waals surface area contributed by atoms with Crippen molar-refractivity contribution < 1.29 is 19.1 Å². The van der Waals surface area contributed by atoms with Gasteiger partial charge in [-0.15, -0.1) is 11.8 Å². The minimum absolute atomic E-state index is 0.0301. The van der Waals surface area contributed by atoms with E-state index >= 15 is 0 Å². The van der Waals surface area contributed by atoms with Crippen LogP contribution < -0.4 is 20.1 Å². The van der Waals surface area contributed by atoms with Gasteiger partial charge in [-0.1, -0.05) is 35.9 Å². The van der Waals surface area contributed by atoms with E-state index in [9.17, 15) is 9.59 Å². The molecule has 2 aliphatic rings. The summed E-state index contributed by atoms with van der Waals surface area (Å²) in [5.41, 5.74) is 3.29. The smallest absolute Gasteiger partial charge is 0.257 e. The fraction of sp³-hybridized carbons (Fsp3) is 0.407. The van der Waals surface area contributed by atoms with Crippen molar-refractivity contribution in [3.8, 4) is 11.5 Å². The predicted octanol–water partition coefficient (Wildman–Crippen LogP) is 4.11. The quantitative estimate of drug-likeness (QED) is 0.583. The van der Waals surface area contributed by atoms with Gasteiger partial charge in [0.15, 0.2) is 11.5 Å². The van der Waals surface area contributed by atoms with E-state index in [1.807, 2.05) is 49.4 Å². The number of carbonyl (C=O) groups is 2. The first kappa shape index (κ1) is 24.2. The van der Waals surface area contributed by atoms with Crippen molar-refractivity contribution in [3.63, 3.8) is 0 Å². The average Bonchev–Trinajstić information content (AvgIpc) is 2.84. The minimum atomic E-state index is -0.0742. The molecule has 1 heterocycles. The van der Waals surface area contributed by atoms with Crippen LogP contribution in [0, 0.1) is 12.8 Å². The molecule has 1 saturated heterocycles. The van der Waals surface area contributed by atoms with E-state index in [0.717, 1.165) is 28.9 Å². The van der Waals surface area contributed by atoms with Gasteiger partial charge in [-0.3, -0.25) is 9.59 Å². The highest BCUT2D eigenvalue weighted by Gasteiger charge is 2.39. The first-order valence-electron chi connectivity index (χ1n) is 11.7. The number of rotatable bonds is 7. The van der Waals surface area contributed by atoms with Crippen molar-refractivity contribution in [2.75, 3.05) is 20.8 Å². The number of hydrogen-bond donors (Lipinski definition) is 2. The zero-order valence-electron chi connectivity index (χ0n) is 19.9. The van der Waals surface area contributed by atoms with E-state index in [0.29, 0.717) is 36.1 Å². The van der Waals surface area contributed by atoms with Crippen molar-refractivity contribution >= 4 is 29.7 Å². The van der Waals surface area contributed by atoms with E-state index in [4.69, 9.17) is 9.47 Å². The Morgan fingerprint density at radius 1 is 1.15 bits per heavy atom. The Morgan fingerprint density at radius 2 is 1.97 bits per heavy atom. The van der Waals surface area contributed by atoms with Crippen LogP contribution in [-0.4, -0.2) is 43.9 Å². The molecule has 1 aliphatic carbocycles. The molecule has 2 N–H and O–H groups in total. The van der Waals surface area contributed by atoms with Gasteiger partial charge in [0, 0.05) is 23.8 Å². The molecule has 2 aromatic rings. The van der Waals surface area contributed by atoms with Gasteiger partial charge in [-0.25, -0.2) is 0 Å². The summed E-state index contributed by atoms with van der Waals surface area (Å²) in [6.45, 7) is 2.61. The van der Waals surface area contributed by atoms with Crippen molar-refractivity contribution in [2.24, 2.45) is 5.92 Å². The summed E-state index contributed by atoms with van der Waals surface area (Å²) in [5, 5.41) is 6.55. The van der Waals surface area contributed by atoms with Gasteiger partial charge >= 0.3 is 0 Å². The lowest BCUT2D eigenvalue weighted by molar-refractivity contribution is -0.127. The maximum absolute atomic E-state index is 12.8. The van der Waals surface area contributed by atoms with E-state index in [2.05, 4.69) is 16.7 Å². The molecule has 2 aromatic carbocycles. The zero-order valence-corrected chi connectivity index (χ0v) is 20.7. The summed E-state index contributed by atoms with van der Waals surface area (Å²) in [4.78, 5) is 26.3. The van der Waals surface area contributed by atoms with Crippen molar-refractivity contribution in [2.45, 2.75) is 43.9 Å². The maximum atomic E-state index is 12.8. The minimum Gasteiger partial charge on any atom is -0.493 e. The van der Waals surface area contributed by atoms with Crippen molar-refractivity contribution in [1.82, 2.24) is 10.6 Å². The number of fused-ring (bicyclic) bond motifs is 1. The highest BCUT2D eigenvalue weighted by atomic mass is 32.2. The summed E-state index contributed by atoms with van der Waals surface area (Å²) in [5.74, 6) is 1.33. The molecular formula is C27H32N2O4S. The fourth-order valence-electron chi connectivity index (χ4n) is 4.65. The van der Waals surface area contributed by atoms with Crippen LogP contribution in [-0.2, 0) is 16.0 Å². The largest absolute Gasteiger partial charge is 0.493 e. The van der Waals surface area contributed by atoms with Crippen LogP contribution in [0.25, 0.3) is 6.08 Å². The van der Waals surface area contributed by atoms with E-state index in [1.54, 1.807) is 26.0 Å². The van der Waals surface area contributed by atoms with Gasteiger partial charge in [0.05, 0.1) is 19.1 Å². The molecule has 0 aromatic heterocycles. The third-order valence-corrected chi connectivity index (χ3v) is 7.90. The number of ether oxygens (including phenoxy) is 2. The normalized spacial score (nSPS) is 23.1. The summed E-state index contributed by atoms with van der Waals surface area (Å²) in [6, 6.07) is 14.0. The highest BCUT2D eigenvalue weighted by Crippen LogP contribution is 2.40. The first-order valence-corrected chi connectivity index (χ1v) is 12.6. The van der Waals surface area contributed by atoms with Gasteiger partial charge in [-0.05, 0) is 61.9 Å². The number of hydrogen-bond acceptors (Lipinski definition) is 5. The van der Waals surface area contributed by atoms with Crippen LogP contribution in [0.3, 0.4) is 0 Å². The monoisotopic (exact) mass is 480 g/mol. The summed E-state index contributed by atoms with van der Waals surface area (Å²) < 4.78 is 10.6. The van der Waals surface area contributed by atoms with Crippen LogP contribution in [0.5, 0.6) is 11.5 Å². The Kier molecular flexibility index (Phi) is 7.83. The van der Waals surface area contributed by atoms with Crippen molar-refractivity contribution in [3.05, 3.63) is 64.1 Å². The highest BCUT2D eigenvalue weighted by molar-refractivity contribution is 8.04. The maximum Gasteiger partial charge on any atom is 0.257 e.